The lowest BCUT2D eigenvalue weighted by Gasteiger charge is -2.22. The average molecular weight is 310 g/mol. The van der Waals surface area contributed by atoms with Crippen LogP contribution in [-0.4, -0.2) is 49.2 Å². The second-order valence-electron chi connectivity index (χ2n) is 3.33. The van der Waals surface area contributed by atoms with Gasteiger partial charge in [-0.2, -0.15) is 0 Å². The third kappa shape index (κ3) is 3.93. The molecule has 1 aliphatic heterocycles. The Morgan fingerprint density at radius 1 is 1.47 bits per heavy atom. The Morgan fingerprint density at radius 3 is 2.65 bits per heavy atom. The molecular weight excluding hydrogens is 294 g/mol. The number of carbonyl (C=O) groups is 1. The van der Waals surface area contributed by atoms with E-state index in [0.29, 0.717) is 25.2 Å². The third-order valence-electron chi connectivity index (χ3n) is 2.06. The normalized spacial score (nSPS) is 19.1. The van der Waals surface area contributed by atoms with Gasteiger partial charge in [0.15, 0.2) is 0 Å². The summed E-state index contributed by atoms with van der Waals surface area (Å²) in [6.07, 6.45) is 0. The molecule has 0 atom stereocenters. The fraction of sp³-hybridized carbons (Fsp3) is 0.800. The van der Waals surface area contributed by atoms with E-state index in [0.717, 1.165) is 0 Å². The first kappa shape index (κ1) is 14.4. The van der Waals surface area contributed by atoms with Gasteiger partial charge in [0.1, 0.15) is 6.61 Å². The van der Waals surface area contributed by atoms with Crippen LogP contribution in [0.1, 0.15) is 13.8 Å². The number of esters is 1. The molecule has 0 aromatic carbocycles. The van der Waals surface area contributed by atoms with E-state index in [1.165, 1.54) is 0 Å². The predicted octanol–water partition coefficient (Wildman–Crippen LogP) is 1.08. The molecule has 1 aliphatic rings. The van der Waals surface area contributed by atoms with Crippen molar-refractivity contribution in [2.75, 3.05) is 31.8 Å². The van der Waals surface area contributed by atoms with E-state index in [9.17, 15) is 4.79 Å². The molecule has 7 heteroatoms. The molecule has 1 heterocycles. The van der Waals surface area contributed by atoms with E-state index in [2.05, 4.69) is 21.1 Å². The van der Waals surface area contributed by atoms with Crippen molar-refractivity contribution in [3.8, 4) is 0 Å². The highest BCUT2D eigenvalue weighted by atomic mass is 79.9. The van der Waals surface area contributed by atoms with Crippen LogP contribution in [0.3, 0.4) is 0 Å². The van der Waals surface area contributed by atoms with Crippen molar-refractivity contribution < 1.29 is 23.8 Å². The Hall–Kier alpha value is -0.660. The van der Waals surface area contributed by atoms with Gasteiger partial charge in [0.2, 0.25) is 11.5 Å². The summed E-state index contributed by atoms with van der Waals surface area (Å²) in [5, 5.41) is 4.36. The summed E-state index contributed by atoms with van der Waals surface area (Å²) >= 11 is 3.19. The molecule has 0 aliphatic carbocycles. The van der Waals surface area contributed by atoms with Crippen LogP contribution >= 0.6 is 15.9 Å². The number of oxime groups is 1. The Balaban J connectivity index is 2.77. The van der Waals surface area contributed by atoms with Gasteiger partial charge in [-0.05, 0) is 13.8 Å². The number of alkyl halides is 1. The average Bonchev–Trinajstić information content (AvgIpc) is 2.72. The highest BCUT2D eigenvalue weighted by Gasteiger charge is 2.43. The summed E-state index contributed by atoms with van der Waals surface area (Å²) in [4.78, 5) is 16.7. The molecule has 17 heavy (non-hydrogen) atoms. The largest absolute Gasteiger partial charge is 0.461 e. The fourth-order valence-corrected chi connectivity index (χ4v) is 1.45. The molecule has 0 spiro atoms. The van der Waals surface area contributed by atoms with Crippen LogP contribution in [0.5, 0.6) is 0 Å². The van der Waals surface area contributed by atoms with Gasteiger partial charge in [0.05, 0.1) is 19.8 Å². The highest BCUT2D eigenvalue weighted by Crippen LogP contribution is 2.21. The van der Waals surface area contributed by atoms with Crippen LogP contribution in [-0.2, 0) is 23.8 Å². The summed E-state index contributed by atoms with van der Waals surface area (Å²) < 4.78 is 15.6. The Kier molecular flexibility index (Phi) is 5.87. The molecule has 0 radical (unpaired) electrons. The SMILES string of the molecule is CCOC(=O)C(=NOCCBr)C1(C)OCCO1. The molecule has 0 unspecified atom stereocenters. The van der Waals surface area contributed by atoms with E-state index in [1.807, 2.05) is 0 Å². The van der Waals surface area contributed by atoms with Crippen molar-refractivity contribution in [1.29, 1.82) is 0 Å². The van der Waals surface area contributed by atoms with Gasteiger partial charge >= 0.3 is 5.97 Å². The van der Waals surface area contributed by atoms with Crippen molar-refractivity contribution in [2.45, 2.75) is 19.6 Å². The van der Waals surface area contributed by atoms with Crippen LogP contribution < -0.4 is 0 Å². The number of hydrogen-bond acceptors (Lipinski definition) is 6. The van der Waals surface area contributed by atoms with E-state index >= 15 is 0 Å². The number of ether oxygens (including phenoxy) is 3. The number of rotatable bonds is 6. The summed E-state index contributed by atoms with van der Waals surface area (Å²) in [5.74, 6) is -1.77. The van der Waals surface area contributed by atoms with Gasteiger partial charge in [-0.25, -0.2) is 4.79 Å². The third-order valence-corrected chi connectivity index (χ3v) is 2.39. The van der Waals surface area contributed by atoms with Crippen LogP contribution in [0.4, 0.5) is 0 Å². The van der Waals surface area contributed by atoms with Crippen LogP contribution in [0.2, 0.25) is 0 Å². The molecule has 6 nitrogen and oxygen atoms in total. The van der Waals surface area contributed by atoms with E-state index in [1.54, 1.807) is 13.8 Å². The van der Waals surface area contributed by atoms with Gasteiger partial charge in [-0.15, -0.1) is 0 Å². The standard InChI is InChI=1S/C10H16BrNO5/c1-3-14-9(13)8(12-17-5-4-11)10(2)15-6-7-16-10/h3-7H2,1-2H3. The second-order valence-corrected chi connectivity index (χ2v) is 4.12. The number of halogens is 1. The summed E-state index contributed by atoms with van der Waals surface area (Å²) in [7, 11) is 0. The maximum Gasteiger partial charge on any atom is 0.361 e. The Labute approximate surface area is 108 Å². The maximum absolute atomic E-state index is 11.7. The predicted molar refractivity (Wildman–Crippen MR) is 64.1 cm³/mol. The first-order valence-electron chi connectivity index (χ1n) is 5.35. The van der Waals surface area contributed by atoms with Crippen molar-refractivity contribution in [2.24, 2.45) is 5.16 Å². The van der Waals surface area contributed by atoms with E-state index in [-0.39, 0.29) is 12.3 Å². The zero-order chi connectivity index (χ0) is 12.7. The summed E-state index contributed by atoms with van der Waals surface area (Å²) in [6, 6.07) is 0. The monoisotopic (exact) mass is 309 g/mol. The van der Waals surface area contributed by atoms with Crippen molar-refractivity contribution >= 4 is 27.6 Å². The molecule has 1 saturated heterocycles. The number of carbonyl (C=O) groups excluding carboxylic acids is 1. The smallest absolute Gasteiger partial charge is 0.361 e. The first-order valence-corrected chi connectivity index (χ1v) is 6.47. The molecule has 0 aromatic rings. The first-order chi connectivity index (χ1) is 8.14. The minimum absolute atomic E-state index is 0.00204. The molecule has 0 amide bonds. The molecule has 0 aromatic heterocycles. The quantitative estimate of drug-likeness (QED) is 0.241. The van der Waals surface area contributed by atoms with Gasteiger partial charge in [0, 0.05) is 5.33 Å². The minimum atomic E-state index is -1.18. The molecule has 0 bridgehead atoms. The van der Waals surface area contributed by atoms with E-state index in [4.69, 9.17) is 19.0 Å². The van der Waals surface area contributed by atoms with Gasteiger partial charge in [-0.3, -0.25) is 0 Å². The zero-order valence-electron chi connectivity index (χ0n) is 9.90. The maximum atomic E-state index is 11.7. The lowest BCUT2D eigenvalue weighted by molar-refractivity contribution is -0.141. The molecule has 98 valence electrons. The van der Waals surface area contributed by atoms with Crippen LogP contribution in [0.15, 0.2) is 5.16 Å². The zero-order valence-corrected chi connectivity index (χ0v) is 11.5. The lowest BCUT2D eigenvalue weighted by Crippen LogP contribution is -2.42. The molecular formula is C10H16BrNO5. The molecule has 1 rings (SSSR count). The van der Waals surface area contributed by atoms with Gasteiger partial charge in [-0.1, -0.05) is 21.1 Å². The van der Waals surface area contributed by atoms with Crippen molar-refractivity contribution in [1.82, 2.24) is 0 Å². The van der Waals surface area contributed by atoms with Crippen molar-refractivity contribution in [3.63, 3.8) is 0 Å². The Morgan fingerprint density at radius 2 is 2.12 bits per heavy atom. The molecule has 0 N–H and O–H groups in total. The minimum Gasteiger partial charge on any atom is -0.461 e. The number of nitrogens with zero attached hydrogens (tertiary/aromatic N) is 1. The van der Waals surface area contributed by atoms with Crippen molar-refractivity contribution in [3.05, 3.63) is 0 Å². The highest BCUT2D eigenvalue weighted by molar-refractivity contribution is 9.09. The van der Waals surface area contributed by atoms with Crippen LogP contribution in [0.25, 0.3) is 0 Å². The topological polar surface area (TPSA) is 66.4 Å². The summed E-state index contributed by atoms with van der Waals surface area (Å²) in [6.45, 7) is 4.76. The summed E-state index contributed by atoms with van der Waals surface area (Å²) in [5.41, 5.74) is -0.00204. The lowest BCUT2D eigenvalue weighted by atomic mass is 10.2. The Bertz CT molecular complexity index is 288. The molecule has 0 saturated carbocycles. The van der Waals surface area contributed by atoms with E-state index < -0.39 is 11.8 Å². The molecule has 1 fully saturated rings. The van der Waals surface area contributed by atoms with Crippen LogP contribution in [0, 0.1) is 0 Å². The second kappa shape index (κ2) is 6.93. The van der Waals surface area contributed by atoms with Gasteiger partial charge in [0.25, 0.3) is 0 Å². The fourth-order valence-electron chi connectivity index (χ4n) is 1.30. The number of hydrogen-bond donors (Lipinski definition) is 0. The van der Waals surface area contributed by atoms with Gasteiger partial charge < -0.3 is 19.0 Å².